The second-order valence-corrected chi connectivity index (χ2v) is 5.13. The summed E-state index contributed by atoms with van der Waals surface area (Å²) >= 11 is 0. The number of carbonyl (C=O) groups excluding carboxylic acids is 2. The average Bonchev–Trinajstić information content (AvgIpc) is 2.67. The van der Waals surface area contributed by atoms with Crippen LogP contribution in [-0.2, 0) is 14.3 Å². The molecule has 1 aliphatic heterocycles. The van der Waals surface area contributed by atoms with Crippen LogP contribution >= 0.6 is 0 Å². The molecule has 0 aromatic heterocycles. The number of nitrogens with two attached hydrogens (primary N) is 1. The van der Waals surface area contributed by atoms with Crippen LogP contribution in [0.5, 0.6) is 0 Å². The molecule has 0 aliphatic carbocycles. The highest BCUT2D eigenvalue weighted by molar-refractivity contribution is 5.92. The molecule has 0 aromatic rings. The molecule has 1 unspecified atom stereocenters. The quantitative estimate of drug-likeness (QED) is 0.776. The van der Waals surface area contributed by atoms with Crippen LogP contribution in [0, 0.1) is 5.92 Å². The Kier molecular flexibility index (Phi) is 5.85. The van der Waals surface area contributed by atoms with Crippen molar-refractivity contribution in [2.24, 2.45) is 11.7 Å². The van der Waals surface area contributed by atoms with E-state index in [4.69, 9.17) is 15.2 Å². The number of amides is 1. The fraction of sp³-hybridized carbons (Fsp3) is 0.714. The van der Waals surface area contributed by atoms with Crippen LogP contribution in [0.3, 0.4) is 0 Å². The molecule has 0 bridgehead atoms. The summed E-state index contributed by atoms with van der Waals surface area (Å²) in [5.41, 5.74) is 6.84. The van der Waals surface area contributed by atoms with E-state index in [0.717, 1.165) is 0 Å². The molecule has 1 atom stereocenters. The van der Waals surface area contributed by atoms with E-state index in [1.807, 2.05) is 13.8 Å². The fourth-order valence-electron chi connectivity index (χ4n) is 2.24. The van der Waals surface area contributed by atoms with E-state index in [2.05, 4.69) is 0 Å². The molecule has 0 radical (unpaired) electrons. The Bertz CT molecular complexity index is 404. The molecule has 0 saturated carbocycles. The van der Waals surface area contributed by atoms with Crippen LogP contribution < -0.4 is 5.73 Å². The monoisotopic (exact) mass is 284 g/mol. The van der Waals surface area contributed by atoms with Crippen molar-refractivity contribution in [1.82, 2.24) is 4.90 Å². The lowest BCUT2D eigenvalue weighted by atomic mass is 10.0. The maximum absolute atomic E-state index is 12.0. The first kappa shape index (κ1) is 16.3. The molecule has 114 valence electrons. The van der Waals surface area contributed by atoms with Crippen molar-refractivity contribution in [2.45, 2.75) is 40.2 Å². The normalized spacial score (nSPS) is 18.6. The van der Waals surface area contributed by atoms with Crippen LogP contribution in [0.2, 0.25) is 0 Å². The molecule has 1 heterocycles. The third-order valence-electron chi connectivity index (χ3n) is 3.13. The third kappa shape index (κ3) is 3.65. The molecule has 0 spiro atoms. The van der Waals surface area contributed by atoms with Crippen LogP contribution in [-0.4, -0.2) is 42.8 Å². The van der Waals surface area contributed by atoms with Crippen LogP contribution in [0.25, 0.3) is 0 Å². The van der Waals surface area contributed by atoms with Crippen molar-refractivity contribution in [2.75, 3.05) is 19.8 Å². The van der Waals surface area contributed by atoms with Crippen LogP contribution in [0.15, 0.2) is 11.3 Å². The van der Waals surface area contributed by atoms with Crippen molar-refractivity contribution < 1.29 is 19.1 Å². The molecule has 0 saturated heterocycles. The lowest BCUT2D eigenvalue weighted by molar-refractivity contribution is -0.138. The standard InChI is InChI=1S/C14H24N2O4/c1-5-19-13(17)10-8-16(14(18)20-6-2)11(12(10)15)7-9(3)4/h9,11H,5-8,15H2,1-4H3. The van der Waals surface area contributed by atoms with Gasteiger partial charge in [-0.05, 0) is 26.2 Å². The minimum atomic E-state index is -0.453. The van der Waals surface area contributed by atoms with E-state index in [1.54, 1.807) is 13.8 Å². The predicted molar refractivity (Wildman–Crippen MR) is 74.8 cm³/mol. The van der Waals surface area contributed by atoms with Crippen molar-refractivity contribution >= 4 is 12.1 Å². The molecule has 1 amide bonds. The van der Waals surface area contributed by atoms with Gasteiger partial charge in [0.05, 0.1) is 31.4 Å². The van der Waals surface area contributed by atoms with Gasteiger partial charge in [0.2, 0.25) is 0 Å². The van der Waals surface area contributed by atoms with E-state index >= 15 is 0 Å². The number of hydrogen-bond donors (Lipinski definition) is 1. The SMILES string of the molecule is CCOC(=O)C1=C(N)C(CC(C)C)N(C(=O)OCC)C1. The summed E-state index contributed by atoms with van der Waals surface area (Å²) in [5, 5.41) is 0. The predicted octanol–water partition coefficient (Wildman–Crippen LogP) is 1.65. The van der Waals surface area contributed by atoms with E-state index < -0.39 is 12.1 Å². The Hall–Kier alpha value is -1.72. The molecular formula is C14H24N2O4. The van der Waals surface area contributed by atoms with Crippen molar-refractivity contribution in [1.29, 1.82) is 0 Å². The van der Waals surface area contributed by atoms with Crippen molar-refractivity contribution in [3.63, 3.8) is 0 Å². The summed E-state index contributed by atoms with van der Waals surface area (Å²) in [5.74, 6) is -0.109. The second-order valence-electron chi connectivity index (χ2n) is 5.13. The number of rotatable bonds is 5. The highest BCUT2D eigenvalue weighted by Crippen LogP contribution is 2.27. The Morgan fingerprint density at radius 3 is 2.40 bits per heavy atom. The molecule has 1 aliphatic rings. The fourth-order valence-corrected chi connectivity index (χ4v) is 2.24. The van der Waals surface area contributed by atoms with Crippen LogP contribution in [0.1, 0.15) is 34.1 Å². The molecule has 6 nitrogen and oxygen atoms in total. The summed E-state index contributed by atoms with van der Waals surface area (Å²) < 4.78 is 10.0. The van der Waals surface area contributed by atoms with E-state index in [0.29, 0.717) is 30.2 Å². The van der Waals surface area contributed by atoms with Crippen molar-refractivity contribution in [3.05, 3.63) is 11.3 Å². The number of hydrogen-bond acceptors (Lipinski definition) is 5. The highest BCUT2D eigenvalue weighted by atomic mass is 16.6. The molecule has 6 heteroatoms. The summed E-state index contributed by atoms with van der Waals surface area (Å²) in [6.45, 7) is 8.29. The summed E-state index contributed by atoms with van der Waals surface area (Å²) in [6, 6.07) is -0.298. The Labute approximate surface area is 119 Å². The van der Waals surface area contributed by atoms with Crippen LogP contribution in [0.4, 0.5) is 4.79 Å². The molecule has 0 fully saturated rings. The zero-order chi connectivity index (χ0) is 15.3. The second kappa shape index (κ2) is 7.17. The first-order valence-corrected chi connectivity index (χ1v) is 7.01. The number of carbonyl (C=O) groups is 2. The average molecular weight is 284 g/mol. The van der Waals surface area contributed by atoms with Gasteiger partial charge in [-0.15, -0.1) is 0 Å². The maximum atomic E-state index is 12.0. The van der Waals surface area contributed by atoms with E-state index in [-0.39, 0.29) is 19.2 Å². The molecular weight excluding hydrogens is 260 g/mol. The molecule has 1 rings (SSSR count). The zero-order valence-electron chi connectivity index (χ0n) is 12.6. The third-order valence-corrected chi connectivity index (χ3v) is 3.13. The summed E-state index contributed by atoms with van der Waals surface area (Å²) in [4.78, 5) is 25.4. The van der Waals surface area contributed by atoms with Gasteiger partial charge in [0.25, 0.3) is 0 Å². The minimum absolute atomic E-state index is 0.154. The molecule has 0 aromatic carbocycles. The van der Waals surface area contributed by atoms with Crippen molar-refractivity contribution in [3.8, 4) is 0 Å². The first-order chi connectivity index (χ1) is 9.42. The smallest absolute Gasteiger partial charge is 0.410 e. The Morgan fingerprint density at radius 2 is 1.90 bits per heavy atom. The molecule has 2 N–H and O–H groups in total. The van der Waals surface area contributed by atoms with Gasteiger partial charge in [0.15, 0.2) is 0 Å². The Morgan fingerprint density at radius 1 is 1.30 bits per heavy atom. The van der Waals surface area contributed by atoms with E-state index in [9.17, 15) is 9.59 Å². The van der Waals surface area contributed by atoms with Gasteiger partial charge in [0, 0.05) is 5.70 Å². The number of nitrogens with zero attached hydrogens (tertiary/aromatic N) is 1. The van der Waals surface area contributed by atoms with Gasteiger partial charge in [-0.2, -0.15) is 0 Å². The van der Waals surface area contributed by atoms with Gasteiger partial charge in [0.1, 0.15) is 0 Å². The van der Waals surface area contributed by atoms with Gasteiger partial charge in [-0.25, -0.2) is 9.59 Å². The van der Waals surface area contributed by atoms with Gasteiger partial charge >= 0.3 is 12.1 Å². The Balaban J connectivity index is 2.95. The van der Waals surface area contributed by atoms with Gasteiger partial charge in [-0.1, -0.05) is 13.8 Å². The first-order valence-electron chi connectivity index (χ1n) is 7.01. The lowest BCUT2D eigenvalue weighted by Gasteiger charge is -2.26. The van der Waals surface area contributed by atoms with E-state index in [1.165, 1.54) is 4.90 Å². The lowest BCUT2D eigenvalue weighted by Crippen LogP contribution is -2.40. The molecule has 20 heavy (non-hydrogen) atoms. The van der Waals surface area contributed by atoms with Gasteiger partial charge < -0.3 is 15.2 Å². The topological polar surface area (TPSA) is 81.9 Å². The highest BCUT2D eigenvalue weighted by Gasteiger charge is 2.38. The number of esters is 1. The zero-order valence-corrected chi connectivity index (χ0v) is 12.6. The van der Waals surface area contributed by atoms with Gasteiger partial charge in [-0.3, -0.25) is 4.90 Å². The maximum Gasteiger partial charge on any atom is 0.410 e. The minimum Gasteiger partial charge on any atom is -0.463 e. The largest absolute Gasteiger partial charge is 0.463 e. The number of ether oxygens (including phenoxy) is 2. The summed E-state index contributed by atoms with van der Waals surface area (Å²) in [6.07, 6.45) is 0.244. The summed E-state index contributed by atoms with van der Waals surface area (Å²) in [7, 11) is 0.